The van der Waals surface area contributed by atoms with E-state index in [9.17, 15) is 14.4 Å². The number of fused-ring (bicyclic) bond motifs is 5. The van der Waals surface area contributed by atoms with Gasteiger partial charge in [-0.25, -0.2) is 0 Å². The predicted octanol–water partition coefficient (Wildman–Crippen LogP) is 4.27. The van der Waals surface area contributed by atoms with Crippen molar-refractivity contribution in [2.24, 2.45) is 34.5 Å². The SMILES string of the molecule is CC(=O)OC[C@@]12C(=C(C)C(=O)C[C@@H]1C)CC[C@@H]1[C@@H]2CC[C@]2(C)C(=O)CC[C@@H]12. The maximum atomic E-state index is 12.6. The van der Waals surface area contributed by atoms with Gasteiger partial charge in [-0.15, -0.1) is 0 Å². The number of hydrogen-bond donors (Lipinski definition) is 0. The molecule has 4 aliphatic rings. The van der Waals surface area contributed by atoms with E-state index in [-0.39, 0.29) is 28.5 Å². The van der Waals surface area contributed by atoms with Gasteiger partial charge in [-0.3, -0.25) is 14.4 Å². The third-order valence-electron chi connectivity index (χ3n) is 8.85. The van der Waals surface area contributed by atoms with Crippen molar-refractivity contribution in [3.8, 4) is 0 Å². The summed E-state index contributed by atoms with van der Waals surface area (Å²) in [6, 6.07) is 0. The summed E-state index contributed by atoms with van der Waals surface area (Å²) in [4.78, 5) is 36.9. The van der Waals surface area contributed by atoms with Crippen molar-refractivity contribution in [2.75, 3.05) is 6.61 Å². The Morgan fingerprint density at radius 3 is 2.59 bits per heavy atom. The van der Waals surface area contributed by atoms with Crippen LogP contribution in [0.4, 0.5) is 0 Å². The molecule has 0 amide bonds. The molecular weight excluding hydrogens is 340 g/mol. The van der Waals surface area contributed by atoms with E-state index in [1.54, 1.807) is 0 Å². The van der Waals surface area contributed by atoms with Gasteiger partial charge in [-0.2, -0.15) is 0 Å². The van der Waals surface area contributed by atoms with Crippen LogP contribution in [0.3, 0.4) is 0 Å². The Morgan fingerprint density at radius 2 is 1.89 bits per heavy atom. The van der Waals surface area contributed by atoms with Crippen molar-refractivity contribution in [3.63, 3.8) is 0 Å². The van der Waals surface area contributed by atoms with Crippen molar-refractivity contribution in [2.45, 2.75) is 72.6 Å². The van der Waals surface area contributed by atoms with E-state index in [0.29, 0.717) is 36.6 Å². The molecule has 3 saturated carbocycles. The Hall–Kier alpha value is -1.45. The molecule has 0 aromatic heterocycles. The molecule has 0 heterocycles. The van der Waals surface area contributed by atoms with Crippen LogP contribution in [0.15, 0.2) is 11.1 Å². The molecule has 4 heteroatoms. The molecule has 0 N–H and O–H groups in total. The van der Waals surface area contributed by atoms with E-state index in [0.717, 1.165) is 44.1 Å². The monoisotopic (exact) mass is 372 g/mol. The predicted molar refractivity (Wildman–Crippen MR) is 102 cm³/mol. The van der Waals surface area contributed by atoms with Crippen molar-refractivity contribution in [1.82, 2.24) is 0 Å². The average Bonchev–Trinajstić information content (AvgIpc) is 2.93. The molecular formula is C23H32O4. The summed E-state index contributed by atoms with van der Waals surface area (Å²) in [6.07, 6.45) is 6.17. The van der Waals surface area contributed by atoms with E-state index in [1.165, 1.54) is 12.5 Å². The molecule has 148 valence electrons. The van der Waals surface area contributed by atoms with E-state index in [2.05, 4.69) is 13.8 Å². The largest absolute Gasteiger partial charge is 0.465 e. The van der Waals surface area contributed by atoms with Crippen LogP contribution in [0, 0.1) is 34.5 Å². The number of carbonyl (C=O) groups excluding carboxylic acids is 3. The summed E-state index contributed by atoms with van der Waals surface area (Å²) in [5.41, 5.74) is 1.78. The first-order valence-corrected chi connectivity index (χ1v) is 10.6. The fourth-order valence-electron chi connectivity index (χ4n) is 7.41. The van der Waals surface area contributed by atoms with E-state index < -0.39 is 0 Å². The van der Waals surface area contributed by atoms with Gasteiger partial charge in [0.05, 0.1) is 0 Å². The molecule has 4 rings (SSSR count). The van der Waals surface area contributed by atoms with E-state index in [1.807, 2.05) is 6.92 Å². The minimum Gasteiger partial charge on any atom is -0.465 e. The highest BCUT2D eigenvalue weighted by molar-refractivity contribution is 5.97. The summed E-state index contributed by atoms with van der Waals surface area (Å²) in [5.74, 6) is 1.99. The Balaban J connectivity index is 1.79. The second-order valence-electron chi connectivity index (χ2n) is 9.79. The van der Waals surface area contributed by atoms with Crippen LogP contribution in [0.5, 0.6) is 0 Å². The zero-order chi connectivity index (χ0) is 19.6. The van der Waals surface area contributed by atoms with Gasteiger partial charge in [-0.05, 0) is 68.3 Å². The molecule has 0 aliphatic heterocycles. The van der Waals surface area contributed by atoms with Crippen LogP contribution in [-0.4, -0.2) is 24.1 Å². The first-order chi connectivity index (χ1) is 12.7. The minimum absolute atomic E-state index is 0.159. The highest BCUT2D eigenvalue weighted by Crippen LogP contribution is 2.66. The molecule has 0 saturated heterocycles. The molecule has 6 atom stereocenters. The first kappa shape index (κ1) is 18.9. The number of Topliss-reactive ketones (excluding diaryl/α,β-unsaturated/α-hetero) is 2. The summed E-state index contributed by atoms with van der Waals surface area (Å²) in [7, 11) is 0. The van der Waals surface area contributed by atoms with Gasteiger partial charge < -0.3 is 4.74 Å². The maximum absolute atomic E-state index is 12.6. The van der Waals surface area contributed by atoms with E-state index in [4.69, 9.17) is 4.74 Å². The van der Waals surface area contributed by atoms with Crippen LogP contribution in [0.1, 0.15) is 72.6 Å². The smallest absolute Gasteiger partial charge is 0.302 e. The van der Waals surface area contributed by atoms with Gasteiger partial charge in [0.1, 0.15) is 12.4 Å². The highest BCUT2D eigenvalue weighted by atomic mass is 16.5. The number of ketones is 2. The number of carbonyl (C=O) groups is 3. The molecule has 0 unspecified atom stereocenters. The van der Waals surface area contributed by atoms with Gasteiger partial charge >= 0.3 is 5.97 Å². The topological polar surface area (TPSA) is 60.4 Å². The maximum Gasteiger partial charge on any atom is 0.302 e. The average molecular weight is 373 g/mol. The molecule has 4 nitrogen and oxygen atoms in total. The molecule has 0 spiro atoms. The van der Waals surface area contributed by atoms with Crippen LogP contribution in [0.2, 0.25) is 0 Å². The lowest BCUT2D eigenvalue weighted by Gasteiger charge is -2.60. The Kier molecular flexibility index (Phi) is 4.40. The van der Waals surface area contributed by atoms with E-state index >= 15 is 0 Å². The Morgan fingerprint density at radius 1 is 1.15 bits per heavy atom. The Bertz CT molecular complexity index is 735. The number of ether oxygens (including phenoxy) is 1. The van der Waals surface area contributed by atoms with Crippen LogP contribution >= 0.6 is 0 Å². The summed E-state index contributed by atoms with van der Waals surface area (Å²) in [5, 5.41) is 0. The molecule has 27 heavy (non-hydrogen) atoms. The van der Waals surface area contributed by atoms with Crippen molar-refractivity contribution >= 4 is 17.5 Å². The van der Waals surface area contributed by atoms with Gasteiger partial charge in [0.25, 0.3) is 0 Å². The number of hydrogen-bond acceptors (Lipinski definition) is 4. The summed E-state index contributed by atoms with van der Waals surface area (Å²) >= 11 is 0. The second kappa shape index (κ2) is 6.28. The standard InChI is InChI=1S/C23H32O4/c1-13-11-20(25)14(2)17-6-5-16-18-7-8-21(26)22(18,4)10-9-19(16)23(13,17)12-27-15(3)24/h13,16,18-19H,5-12H2,1-4H3/t13-,16-,18-,19-,22-,23-/m0/s1. The third kappa shape index (κ3) is 2.51. The van der Waals surface area contributed by atoms with Crippen molar-refractivity contribution in [1.29, 1.82) is 0 Å². The van der Waals surface area contributed by atoms with Crippen LogP contribution < -0.4 is 0 Å². The first-order valence-electron chi connectivity index (χ1n) is 10.6. The van der Waals surface area contributed by atoms with Gasteiger partial charge in [0.2, 0.25) is 0 Å². The minimum atomic E-state index is -0.246. The van der Waals surface area contributed by atoms with Crippen LogP contribution in [-0.2, 0) is 19.1 Å². The lowest BCUT2D eigenvalue weighted by molar-refractivity contribution is -0.154. The number of esters is 1. The van der Waals surface area contributed by atoms with Gasteiger partial charge in [0, 0.05) is 30.6 Å². The van der Waals surface area contributed by atoms with Crippen LogP contribution in [0.25, 0.3) is 0 Å². The third-order valence-corrected chi connectivity index (χ3v) is 8.85. The number of rotatable bonds is 2. The normalized spacial score (nSPS) is 43.9. The zero-order valence-corrected chi connectivity index (χ0v) is 17.1. The molecule has 0 bridgehead atoms. The molecule has 0 aromatic carbocycles. The molecule has 0 aromatic rings. The van der Waals surface area contributed by atoms with Gasteiger partial charge in [-0.1, -0.05) is 19.4 Å². The molecule has 0 radical (unpaired) electrons. The highest BCUT2D eigenvalue weighted by Gasteiger charge is 2.62. The van der Waals surface area contributed by atoms with Crippen molar-refractivity contribution in [3.05, 3.63) is 11.1 Å². The fraction of sp³-hybridized carbons (Fsp3) is 0.783. The van der Waals surface area contributed by atoms with Gasteiger partial charge in [0.15, 0.2) is 5.78 Å². The lowest BCUT2D eigenvalue weighted by Crippen LogP contribution is -2.56. The fourth-order valence-corrected chi connectivity index (χ4v) is 7.41. The molecule has 3 fully saturated rings. The second-order valence-corrected chi connectivity index (χ2v) is 9.79. The quantitative estimate of drug-likeness (QED) is 0.679. The zero-order valence-electron chi connectivity index (χ0n) is 17.1. The summed E-state index contributed by atoms with van der Waals surface area (Å²) in [6.45, 7) is 8.19. The summed E-state index contributed by atoms with van der Waals surface area (Å²) < 4.78 is 5.65. The molecule has 4 aliphatic carbocycles. The Labute approximate surface area is 162 Å². The van der Waals surface area contributed by atoms with Crippen molar-refractivity contribution < 1.29 is 19.1 Å². The lowest BCUT2D eigenvalue weighted by atomic mass is 9.44.